The van der Waals surface area contributed by atoms with Crippen LogP contribution in [0.25, 0.3) is 0 Å². The molecule has 7 nitrogen and oxygen atoms in total. The SMILES string of the molecule is CC(C)[C@H](NC(=O)c1ccc(F)cc1)C(=O)Nc1cc([N+](=O)[O-])ccc1F. The van der Waals surface area contributed by atoms with Crippen molar-refractivity contribution in [3.63, 3.8) is 0 Å². The van der Waals surface area contributed by atoms with Crippen molar-refractivity contribution in [3.05, 3.63) is 69.8 Å². The molecule has 0 fully saturated rings. The topological polar surface area (TPSA) is 101 Å². The van der Waals surface area contributed by atoms with E-state index >= 15 is 0 Å². The van der Waals surface area contributed by atoms with Crippen molar-refractivity contribution in [1.29, 1.82) is 0 Å². The predicted octanol–water partition coefficient (Wildman–Crippen LogP) is 3.27. The summed E-state index contributed by atoms with van der Waals surface area (Å²) in [4.78, 5) is 34.8. The maximum Gasteiger partial charge on any atom is 0.271 e. The van der Waals surface area contributed by atoms with E-state index in [-0.39, 0.29) is 22.9 Å². The van der Waals surface area contributed by atoms with Gasteiger partial charge in [-0.15, -0.1) is 0 Å². The summed E-state index contributed by atoms with van der Waals surface area (Å²) in [6.07, 6.45) is 0. The molecule has 2 N–H and O–H groups in total. The number of halogens is 2. The van der Waals surface area contributed by atoms with Crippen molar-refractivity contribution >= 4 is 23.2 Å². The minimum Gasteiger partial charge on any atom is -0.340 e. The van der Waals surface area contributed by atoms with Crippen LogP contribution in [0, 0.1) is 27.7 Å². The number of hydrogen-bond acceptors (Lipinski definition) is 4. The van der Waals surface area contributed by atoms with E-state index in [1.54, 1.807) is 13.8 Å². The van der Waals surface area contributed by atoms with Crippen LogP contribution in [0.4, 0.5) is 20.2 Å². The second-order valence-corrected chi connectivity index (χ2v) is 6.11. The lowest BCUT2D eigenvalue weighted by Gasteiger charge is -2.22. The van der Waals surface area contributed by atoms with Crippen molar-refractivity contribution in [1.82, 2.24) is 5.32 Å². The highest BCUT2D eigenvalue weighted by molar-refractivity contribution is 6.01. The molecule has 142 valence electrons. The number of hydrogen-bond donors (Lipinski definition) is 2. The number of carbonyl (C=O) groups is 2. The first-order valence-electron chi connectivity index (χ1n) is 8.00. The largest absolute Gasteiger partial charge is 0.340 e. The molecule has 0 saturated heterocycles. The Bertz CT molecular complexity index is 869. The van der Waals surface area contributed by atoms with Gasteiger partial charge in [-0.05, 0) is 36.2 Å². The molecule has 0 saturated carbocycles. The van der Waals surface area contributed by atoms with Gasteiger partial charge in [0.05, 0.1) is 10.6 Å². The minimum absolute atomic E-state index is 0.149. The second kappa shape index (κ2) is 8.35. The summed E-state index contributed by atoms with van der Waals surface area (Å²) in [5.74, 6) is -3.06. The lowest BCUT2D eigenvalue weighted by molar-refractivity contribution is -0.384. The van der Waals surface area contributed by atoms with Crippen LogP contribution >= 0.6 is 0 Å². The van der Waals surface area contributed by atoms with Crippen LogP contribution in [0.15, 0.2) is 42.5 Å². The number of rotatable bonds is 6. The Hall–Kier alpha value is -3.36. The fourth-order valence-electron chi connectivity index (χ4n) is 2.29. The first kappa shape index (κ1) is 20.0. The van der Waals surface area contributed by atoms with Crippen molar-refractivity contribution in [2.75, 3.05) is 5.32 Å². The summed E-state index contributed by atoms with van der Waals surface area (Å²) in [5, 5.41) is 15.6. The van der Waals surface area contributed by atoms with Crippen molar-refractivity contribution in [3.8, 4) is 0 Å². The van der Waals surface area contributed by atoms with Crippen LogP contribution in [0.5, 0.6) is 0 Å². The van der Waals surface area contributed by atoms with Gasteiger partial charge in [0.2, 0.25) is 5.91 Å². The molecule has 0 aliphatic carbocycles. The van der Waals surface area contributed by atoms with Crippen LogP contribution in [0.1, 0.15) is 24.2 Å². The molecule has 2 aromatic carbocycles. The first-order chi connectivity index (χ1) is 12.7. The number of nitrogens with one attached hydrogen (secondary N) is 2. The monoisotopic (exact) mass is 377 g/mol. The summed E-state index contributed by atoms with van der Waals surface area (Å²) < 4.78 is 26.8. The number of nitro benzene ring substituents is 1. The molecule has 0 aliphatic heterocycles. The van der Waals surface area contributed by atoms with Crippen molar-refractivity contribution in [2.24, 2.45) is 5.92 Å². The van der Waals surface area contributed by atoms with Gasteiger partial charge in [-0.25, -0.2) is 8.78 Å². The third-order valence-corrected chi connectivity index (χ3v) is 3.76. The Morgan fingerprint density at radius 2 is 1.70 bits per heavy atom. The molecule has 0 heterocycles. The molecule has 0 aliphatic rings. The van der Waals surface area contributed by atoms with E-state index in [9.17, 15) is 28.5 Å². The zero-order chi connectivity index (χ0) is 20.1. The molecule has 9 heteroatoms. The van der Waals surface area contributed by atoms with E-state index in [1.807, 2.05) is 0 Å². The zero-order valence-corrected chi connectivity index (χ0v) is 14.5. The third kappa shape index (κ3) is 5.06. The number of anilines is 1. The number of non-ortho nitro benzene ring substituents is 1. The van der Waals surface area contributed by atoms with Gasteiger partial charge in [0.1, 0.15) is 17.7 Å². The fourth-order valence-corrected chi connectivity index (χ4v) is 2.29. The average Bonchev–Trinajstić information content (AvgIpc) is 2.61. The highest BCUT2D eigenvalue weighted by Crippen LogP contribution is 2.22. The number of benzene rings is 2. The van der Waals surface area contributed by atoms with Gasteiger partial charge in [-0.2, -0.15) is 0 Å². The summed E-state index contributed by atoms with van der Waals surface area (Å²) in [6, 6.07) is 6.44. The molecule has 0 bridgehead atoms. The van der Waals surface area contributed by atoms with Crippen LogP contribution in [-0.2, 0) is 4.79 Å². The Morgan fingerprint density at radius 3 is 2.26 bits per heavy atom. The van der Waals surface area contributed by atoms with Crippen molar-refractivity contribution < 1.29 is 23.3 Å². The number of carbonyl (C=O) groups excluding carboxylic acids is 2. The van der Waals surface area contributed by atoms with E-state index in [1.165, 1.54) is 12.1 Å². The molecule has 2 rings (SSSR count). The molecule has 0 aromatic heterocycles. The maximum absolute atomic E-state index is 13.9. The summed E-state index contributed by atoms with van der Waals surface area (Å²) in [5.41, 5.74) is -0.601. The summed E-state index contributed by atoms with van der Waals surface area (Å²) in [6.45, 7) is 3.33. The van der Waals surface area contributed by atoms with Crippen LogP contribution < -0.4 is 10.6 Å². The van der Waals surface area contributed by atoms with E-state index in [2.05, 4.69) is 10.6 Å². The lowest BCUT2D eigenvalue weighted by Crippen LogP contribution is -2.47. The first-order valence-corrected chi connectivity index (χ1v) is 8.00. The molecular weight excluding hydrogens is 360 g/mol. The minimum atomic E-state index is -1.04. The van der Waals surface area contributed by atoms with Gasteiger partial charge in [0.25, 0.3) is 11.6 Å². The molecule has 0 unspecified atom stereocenters. The smallest absolute Gasteiger partial charge is 0.271 e. The Labute approximate surface area is 153 Å². The van der Waals surface area contributed by atoms with E-state index in [0.717, 1.165) is 30.3 Å². The molecule has 2 amide bonds. The van der Waals surface area contributed by atoms with E-state index in [0.29, 0.717) is 0 Å². The van der Waals surface area contributed by atoms with Crippen LogP contribution in [-0.4, -0.2) is 22.8 Å². The average molecular weight is 377 g/mol. The molecule has 1 atom stereocenters. The normalized spacial score (nSPS) is 11.7. The predicted molar refractivity (Wildman–Crippen MR) is 94.2 cm³/mol. The van der Waals surface area contributed by atoms with E-state index < -0.39 is 34.4 Å². The molecule has 2 aromatic rings. The molecular formula is C18H17F2N3O4. The zero-order valence-electron chi connectivity index (χ0n) is 14.5. The second-order valence-electron chi connectivity index (χ2n) is 6.11. The number of amides is 2. The quantitative estimate of drug-likeness (QED) is 0.596. The standard InChI is InChI=1S/C18H17F2N3O4/c1-10(2)16(22-17(24)11-3-5-12(19)6-4-11)18(25)21-15-9-13(23(26)27)7-8-14(15)20/h3-10,16H,1-2H3,(H,21,25)(H,22,24)/t16-/m0/s1. The maximum atomic E-state index is 13.9. The van der Waals surface area contributed by atoms with Gasteiger partial charge >= 0.3 is 0 Å². The van der Waals surface area contributed by atoms with Crippen LogP contribution in [0.3, 0.4) is 0 Å². The highest BCUT2D eigenvalue weighted by Gasteiger charge is 2.26. The van der Waals surface area contributed by atoms with Crippen LogP contribution in [0.2, 0.25) is 0 Å². The van der Waals surface area contributed by atoms with Gasteiger partial charge in [-0.1, -0.05) is 13.8 Å². The summed E-state index contributed by atoms with van der Waals surface area (Å²) >= 11 is 0. The van der Waals surface area contributed by atoms with Gasteiger partial charge < -0.3 is 10.6 Å². The van der Waals surface area contributed by atoms with E-state index in [4.69, 9.17) is 0 Å². The molecule has 0 spiro atoms. The van der Waals surface area contributed by atoms with Crippen molar-refractivity contribution in [2.45, 2.75) is 19.9 Å². The fraction of sp³-hybridized carbons (Fsp3) is 0.222. The Kier molecular flexibility index (Phi) is 6.17. The number of nitro groups is 1. The van der Waals surface area contributed by atoms with Gasteiger partial charge in [0, 0.05) is 17.7 Å². The lowest BCUT2D eigenvalue weighted by atomic mass is 10.0. The molecule has 0 radical (unpaired) electrons. The molecule has 27 heavy (non-hydrogen) atoms. The Morgan fingerprint density at radius 1 is 1.07 bits per heavy atom. The Balaban J connectivity index is 2.18. The van der Waals surface area contributed by atoms with Gasteiger partial charge in [-0.3, -0.25) is 19.7 Å². The summed E-state index contributed by atoms with van der Waals surface area (Å²) in [7, 11) is 0. The van der Waals surface area contributed by atoms with Gasteiger partial charge in [0.15, 0.2) is 0 Å². The third-order valence-electron chi connectivity index (χ3n) is 3.76. The highest BCUT2D eigenvalue weighted by atomic mass is 19.1. The number of nitrogens with zero attached hydrogens (tertiary/aromatic N) is 1.